The van der Waals surface area contributed by atoms with Crippen molar-refractivity contribution in [2.75, 3.05) is 14.2 Å². The molecule has 1 aliphatic carbocycles. The number of benzene rings is 1. The van der Waals surface area contributed by atoms with E-state index in [1.165, 1.54) is 17.0 Å². The van der Waals surface area contributed by atoms with E-state index in [1.54, 1.807) is 7.11 Å². The highest BCUT2D eigenvalue weighted by atomic mass is 32.1. The number of aryl methyl sites for hydroxylation is 3. The predicted molar refractivity (Wildman–Crippen MR) is 93.4 cm³/mol. The smallest absolute Gasteiger partial charge is 0.162 e. The Morgan fingerprint density at radius 2 is 2.17 bits per heavy atom. The van der Waals surface area contributed by atoms with Gasteiger partial charge in [-0.15, -0.1) is 11.3 Å². The van der Waals surface area contributed by atoms with Crippen LogP contribution in [0.3, 0.4) is 0 Å². The van der Waals surface area contributed by atoms with E-state index >= 15 is 0 Å². The van der Waals surface area contributed by atoms with Crippen LogP contribution in [0.15, 0.2) is 12.1 Å². The molecule has 0 spiro atoms. The van der Waals surface area contributed by atoms with Crippen molar-refractivity contribution < 1.29 is 9.84 Å². The molecule has 23 heavy (non-hydrogen) atoms. The second-order valence-corrected chi connectivity index (χ2v) is 7.58. The van der Waals surface area contributed by atoms with Crippen LogP contribution in [-0.4, -0.2) is 29.1 Å². The van der Waals surface area contributed by atoms with Crippen LogP contribution in [0.5, 0.6) is 11.5 Å². The van der Waals surface area contributed by atoms with Gasteiger partial charge in [0.1, 0.15) is 0 Å². The third-order valence-electron chi connectivity index (χ3n) is 4.50. The molecule has 1 atom stereocenters. The van der Waals surface area contributed by atoms with Crippen LogP contribution in [-0.2, 0) is 13.0 Å². The fourth-order valence-electron chi connectivity index (χ4n) is 3.41. The predicted octanol–water partition coefficient (Wildman–Crippen LogP) is 3.98. The van der Waals surface area contributed by atoms with Crippen molar-refractivity contribution >= 4 is 11.3 Å². The minimum Gasteiger partial charge on any atom is -0.504 e. The normalized spacial score (nSPS) is 17.3. The van der Waals surface area contributed by atoms with Gasteiger partial charge < -0.3 is 9.84 Å². The lowest BCUT2D eigenvalue weighted by Crippen LogP contribution is -2.26. The highest BCUT2D eigenvalue weighted by molar-refractivity contribution is 7.11. The van der Waals surface area contributed by atoms with Crippen molar-refractivity contribution in [2.45, 2.75) is 45.7 Å². The standard InChI is InChI=1S/C18H24N2O2S/c1-11-8-13(17(21)16(9-11)22-4)10-20(3)15-7-5-6-14-18(15)23-12(2)19-14/h8-9,15,21H,5-7,10H2,1-4H3/t15-/m0/s1. The van der Waals surface area contributed by atoms with E-state index in [2.05, 4.69) is 23.9 Å². The van der Waals surface area contributed by atoms with Gasteiger partial charge in [0.15, 0.2) is 11.5 Å². The second kappa shape index (κ2) is 6.49. The largest absolute Gasteiger partial charge is 0.504 e. The Labute approximate surface area is 141 Å². The van der Waals surface area contributed by atoms with E-state index in [0.717, 1.165) is 29.0 Å². The van der Waals surface area contributed by atoms with E-state index in [9.17, 15) is 5.11 Å². The maximum atomic E-state index is 10.4. The Balaban J connectivity index is 1.86. The Morgan fingerprint density at radius 1 is 1.39 bits per heavy atom. The SMILES string of the molecule is COc1cc(C)cc(CN(C)[C@H]2CCCc3nc(C)sc32)c1O. The van der Waals surface area contributed by atoms with E-state index in [-0.39, 0.29) is 5.75 Å². The number of phenolic OH excluding ortho intramolecular Hbond substituents is 1. The molecule has 4 nitrogen and oxygen atoms in total. The molecule has 0 saturated carbocycles. The first kappa shape index (κ1) is 16.3. The molecular weight excluding hydrogens is 308 g/mol. The minimum absolute atomic E-state index is 0.251. The van der Waals surface area contributed by atoms with E-state index < -0.39 is 0 Å². The van der Waals surface area contributed by atoms with Gasteiger partial charge in [-0.25, -0.2) is 4.98 Å². The summed E-state index contributed by atoms with van der Waals surface area (Å²) in [6.45, 7) is 4.80. The molecule has 0 aliphatic heterocycles. The zero-order valence-corrected chi connectivity index (χ0v) is 15.0. The number of fused-ring (bicyclic) bond motifs is 1. The lowest BCUT2D eigenvalue weighted by Gasteiger charge is -2.31. The van der Waals surface area contributed by atoms with Crippen LogP contribution in [0.25, 0.3) is 0 Å². The number of rotatable bonds is 4. The molecule has 1 aromatic carbocycles. The molecule has 3 rings (SSSR count). The first-order chi connectivity index (χ1) is 11.0. The Hall–Kier alpha value is -1.59. The molecule has 1 aromatic heterocycles. The van der Waals surface area contributed by atoms with Crippen LogP contribution in [0.1, 0.15) is 45.6 Å². The van der Waals surface area contributed by atoms with Crippen LogP contribution in [0.4, 0.5) is 0 Å². The van der Waals surface area contributed by atoms with Gasteiger partial charge in [-0.1, -0.05) is 6.07 Å². The quantitative estimate of drug-likeness (QED) is 0.920. The number of hydrogen-bond donors (Lipinski definition) is 1. The monoisotopic (exact) mass is 332 g/mol. The summed E-state index contributed by atoms with van der Waals surface area (Å²) in [7, 11) is 3.72. The van der Waals surface area contributed by atoms with Gasteiger partial charge in [-0.05, 0) is 51.8 Å². The number of ether oxygens (including phenoxy) is 1. The van der Waals surface area contributed by atoms with E-state index in [1.807, 2.05) is 30.4 Å². The lowest BCUT2D eigenvalue weighted by molar-refractivity contribution is 0.213. The zero-order valence-electron chi connectivity index (χ0n) is 14.2. The first-order valence-corrected chi connectivity index (χ1v) is 8.84. The molecule has 0 saturated heterocycles. The molecule has 1 heterocycles. The average molecular weight is 332 g/mol. The van der Waals surface area contributed by atoms with Gasteiger partial charge in [0, 0.05) is 23.0 Å². The van der Waals surface area contributed by atoms with Crippen LogP contribution in [0.2, 0.25) is 0 Å². The van der Waals surface area contributed by atoms with Gasteiger partial charge in [-0.2, -0.15) is 0 Å². The van der Waals surface area contributed by atoms with Crippen molar-refractivity contribution in [1.82, 2.24) is 9.88 Å². The summed E-state index contributed by atoms with van der Waals surface area (Å²) < 4.78 is 5.28. The lowest BCUT2D eigenvalue weighted by atomic mass is 9.96. The summed E-state index contributed by atoms with van der Waals surface area (Å²) in [4.78, 5) is 8.39. The number of aromatic nitrogens is 1. The number of aromatic hydroxyl groups is 1. The molecular formula is C18H24N2O2S. The fourth-order valence-corrected chi connectivity index (χ4v) is 4.59. The maximum Gasteiger partial charge on any atom is 0.162 e. The summed E-state index contributed by atoms with van der Waals surface area (Å²) in [6, 6.07) is 4.29. The van der Waals surface area contributed by atoms with Crippen molar-refractivity contribution in [3.63, 3.8) is 0 Å². The Morgan fingerprint density at radius 3 is 2.91 bits per heavy atom. The number of hydrogen-bond acceptors (Lipinski definition) is 5. The third kappa shape index (κ3) is 3.21. The van der Waals surface area contributed by atoms with Crippen LogP contribution < -0.4 is 4.74 Å². The fraction of sp³-hybridized carbons (Fsp3) is 0.500. The molecule has 1 aliphatic rings. The summed E-state index contributed by atoms with van der Waals surface area (Å²) in [5.41, 5.74) is 3.28. The third-order valence-corrected chi connectivity index (χ3v) is 5.61. The molecule has 0 amide bonds. The van der Waals surface area contributed by atoms with E-state index in [4.69, 9.17) is 4.74 Å². The molecule has 0 radical (unpaired) electrons. The van der Waals surface area contributed by atoms with E-state index in [0.29, 0.717) is 18.3 Å². The molecule has 0 fully saturated rings. The number of methoxy groups -OCH3 is 1. The highest BCUT2D eigenvalue weighted by Crippen LogP contribution is 2.39. The summed E-state index contributed by atoms with van der Waals surface area (Å²) in [5.74, 6) is 0.799. The molecule has 2 aromatic rings. The Bertz CT molecular complexity index is 711. The van der Waals surface area contributed by atoms with Crippen molar-refractivity contribution in [2.24, 2.45) is 0 Å². The van der Waals surface area contributed by atoms with Gasteiger partial charge in [0.2, 0.25) is 0 Å². The number of nitrogens with zero attached hydrogens (tertiary/aromatic N) is 2. The molecule has 0 unspecified atom stereocenters. The molecule has 5 heteroatoms. The zero-order chi connectivity index (χ0) is 16.6. The van der Waals surface area contributed by atoms with Crippen LogP contribution in [0, 0.1) is 13.8 Å². The van der Waals surface area contributed by atoms with Gasteiger partial charge in [-0.3, -0.25) is 4.90 Å². The maximum absolute atomic E-state index is 10.4. The summed E-state index contributed by atoms with van der Waals surface area (Å²) in [5, 5.41) is 11.5. The van der Waals surface area contributed by atoms with Gasteiger partial charge >= 0.3 is 0 Å². The number of thiazole rings is 1. The molecule has 124 valence electrons. The minimum atomic E-state index is 0.251. The van der Waals surface area contributed by atoms with Gasteiger partial charge in [0.25, 0.3) is 0 Å². The van der Waals surface area contributed by atoms with Crippen molar-refractivity contribution in [3.05, 3.63) is 38.8 Å². The number of phenols is 1. The van der Waals surface area contributed by atoms with Crippen molar-refractivity contribution in [3.8, 4) is 11.5 Å². The second-order valence-electron chi connectivity index (χ2n) is 6.34. The van der Waals surface area contributed by atoms with Gasteiger partial charge in [0.05, 0.1) is 17.8 Å². The average Bonchev–Trinajstić information content (AvgIpc) is 2.90. The first-order valence-electron chi connectivity index (χ1n) is 8.02. The summed E-state index contributed by atoms with van der Waals surface area (Å²) >= 11 is 1.81. The summed E-state index contributed by atoms with van der Waals surface area (Å²) in [6.07, 6.45) is 3.41. The van der Waals surface area contributed by atoms with Crippen molar-refractivity contribution in [1.29, 1.82) is 0 Å². The highest BCUT2D eigenvalue weighted by Gasteiger charge is 2.27. The molecule has 1 N–H and O–H groups in total. The van der Waals surface area contributed by atoms with Crippen LogP contribution >= 0.6 is 11.3 Å². The Kier molecular flexibility index (Phi) is 4.60. The topological polar surface area (TPSA) is 45.6 Å². The molecule has 0 bridgehead atoms.